The standard InChI is InChI=1S/C69H58.C2H6S.C2H6/c1-10-19-51(43(5)12-3)48-32-38-59-61(40-48)67(49-33-35-56-54(20-11-2)62(13-4)68(6,7)64(56)41-49)58-37-31-47(44-27-29-46(30-28-44)53-25-18-22-45-21-14-15-23-52(45)53)39-60(58)66(59)50-34-36-57-55-24-16-17-26-63(55)69(8,9)65(57)42-50;1-3-2;1-2/h10-42H,3-4H2,1-2,5-9H3;1-2H3;1-2H3/b19-10-,20-11-,51-43+;;. The van der Waals surface area contributed by atoms with Gasteiger partial charge in [-0.1, -0.05) is 231 Å². The topological polar surface area (TPSA) is 0 Å². The van der Waals surface area contributed by atoms with E-state index in [1.165, 1.54) is 132 Å². The fraction of sp³-hybridized carbons (Fsp3) is 0.178. The largest absolute Gasteiger partial charge is 0.169 e. The molecule has 0 saturated carbocycles. The fourth-order valence-electron chi connectivity index (χ4n) is 11.9. The van der Waals surface area contributed by atoms with Crippen LogP contribution in [0.4, 0.5) is 0 Å². The van der Waals surface area contributed by atoms with Gasteiger partial charge in [-0.15, -0.1) is 0 Å². The molecule has 0 atom stereocenters. The van der Waals surface area contributed by atoms with Crippen molar-refractivity contribution < 1.29 is 0 Å². The van der Waals surface area contributed by atoms with E-state index in [2.05, 4.69) is 256 Å². The molecule has 0 bridgehead atoms. The summed E-state index contributed by atoms with van der Waals surface area (Å²) in [5.74, 6) is 0. The second-order valence-corrected chi connectivity index (χ2v) is 21.2. The van der Waals surface area contributed by atoms with Gasteiger partial charge in [0.05, 0.1) is 0 Å². The molecule has 0 nitrogen and oxygen atoms in total. The number of benzene rings is 9. The van der Waals surface area contributed by atoms with Gasteiger partial charge in [0.25, 0.3) is 0 Å². The van der Waals surface area contributed by atoms with Gasteiger partial charge in [0.15, 0.2) is 0 Å². The van der Waals surface area contributed by atoms with E-state index in [9.17, 15) is 0 Å². The Labute approximate surface area is 446 Å². The van der Waals surface area contributed by atoms with Gasteiger partial charge < -0.3 is 0 Å². The van der Waals surface area contributed by atoms with Crippen LogP contribution < -0.4 is 0 Å². The molecule has 0 N–H and O–H groups in total. The maximum atomic E-state index is 4.32. The molecule has 0 saturated heterocycles. The molecule has 0 spiro atoms. The number of allylic oxidation sites excluding steroid dienone is 10. The highest BCUT2D eigenvalue weighted by molar-refractivity contribution is 7.97. The molecule has 11 rings (SSSR count). The highest BCUT2D eigenvalue weighted by Gasteiger charge is 2.37. The molecule has 74 heavy (non-hydrogen) atoms. The second kappa shape index (κ2) is 21.2. The lowest BCUT2D eigenvalue weighted by atomic mass is 9.78. The van der Waals surface area contributed by atoms with Crippen LogP contribution in [0, 0.1) is 0 Å². The predicted octanol–water partition coefficient (Wildman–Crippen LogP) is 21.5. The molecule has 2 aliphatic carbocycles. The molecule has 0 amide bonds. The zero-order valence-electron chi connectivity index (χ0n) is 45.4. The van der Waals surface area contributed by atoms with Crippen molar-refractivity contribution in [3.8, 4) is 55.6 Å². The first-order valence-electron chi connectivity index (χ1n) is 26.3. The Kier molecular flexibility index (Phi) is 14.7. The Hall–Kier alpha value is -7.45. The molecule has 368 valence electrons. The molecule has 9 aromatic carbocycles. The smallest absolute Gasteiger partial charge is 0.0159 e. The molecule has 0 heterocycles. The first-order valence-corrected chi connectivity index (χ1v) is 27.9. The van der Waals surface area contributed by atoms with E-state index >= 15 is 0 Å². The third-order valence-corrected chi connectivity index (χ3v) is 15.5. The molecule has 0 unspecified atom stereocenters. The van der Waals surface area contributed by atoms with E-state index in [0.717, 1.165) is 5.57 Å². The Balaban J connectivity index is 0.00000130. The molecule has 9 aromatic rings. The molecule has 0 aliphatic heterocycles. The summed E-state index contributed by atoms with van der Waals surface area (Å²) >= 11 is 1.75. The van der Waals surface area contributed by atoms with Crippen LogP contribution in [0.2, 0.25) is 0 Å². The van der Waals surface area contributed by atoms with Crippen molar-refractivity contribution in [3.05, 3.63) is 252 Å². The third-order valence-electron chi connectivity index (χ3n) is 15.5. The number of hydrogen-bond acceptors (Lipinski definition) is 1. The van der Waals surface area contributed by atoms with E-state index < -0.39 is 0 Å². The van der Waals surface area contributed by atoms with Gasteiger partial charge in [0.1, 0.15) is 0 Å². The average molecular weight is 979 g/mol. The summed E-state index contributed by atoms with van der Waals surface area (Å²) in [6.45, 7) is 28.3. The van der Waals surface area contributed by atoms with Gasteiger partial charge in [-0.2, -0.15) is 11.8 Å². The van der Waals surface area contributed by atoms with Gasteiger partial charge in [0.2, 0.25) is 0 Å². The molecule has 2 aliphatic rings. The summed E-state index contributed by atoms with van der Waals surface area (Å²) in [5, 5.41) is 7.44. The van der Waals surface area contributed by atoms with Crippen LogP contribution in [0.25, 0.3) is 99.1 Å². The number of fused-ring (bicyclic) bond motifs is 7. The Morgan fingerprint density at radius 3 is 1.68 bits per heavy atom. The highest BCUT2D eigenvalue weighted by atomic mass is 32.2. The number of hydrogen-bond donors (Lipinski definition) is 0. The van der Waals surface area contributed by atoms with E-state index in [-0.39, 0.29) is 10.8 Å². The van der Waals surface area contributed by atoms with Crippen molar-refractivity contribution in [3.63, 3.8) is 0 Å². The lowest BCUT2D eigenvalue weighted by molar-refractivity contribution is 0.655. The van der Waals surface area contributed by atoms with Crippen LogP contribution in [0.1, 0.15) is 90.1 Å². The molecule has 0 radical (unpaired) electrons. The molecular weight excluding hydrogens is 909 g/mol. The third kappa shape index (κ3) is 8.76. The van der Waals surface area contributed by atoms with Gasteiger partial charge in [0, 0.05) is 10.8 Å². The van der Waals surface area contributed by atoms with E-state index in [1.807, 2.05) is 32.4 Å². The first-order chi connectivity index (χ1) is 35.9. The Bertz CT molecular complexity index is 3780. The zero-order valence-corrected chi connectivity index (χ0v) is 46.2. The van der Waals surface area contributed by atoms with Gasteiger partial charge >= 0.3 is 0 Å². The lowest BCUT2D eigenvalue weighted by Gasteiger charge is -2.25. The highest BCUT2D eigenvalue weighted by Crippen LogP contribution is 2.53. The monoisotopic (exact) mass is 979 g/mol. The Morgan fingerprint density at radius 2 is 1.01 bits per heavy atom. The van der Waals surface area contributed by atoms with Crippen LogP contribution in [-0.4, -0.2) is 12.5 Å². The maximum Gasteiger partial charge on any atom is 0.0159 e. The van der Waals surface area contributed by atoms with Crippen LogP contribution in [0.3, 0.4) is 0 Å². The Morgan fingerprint density at radius 1 is 0.473 bits per heavy atom. The minimum Gasteiger partial charge on any atom is -0.169 e. The molecule has 0 fully saturated rings. The summed E-state index contributed by atoms with van der Waals surface area (Å²) < 4.78 is 0. The van der Waals surface area contributed by atoms with Gasteiger partial charge in [-0.05, 0) is 196 Å². The summed E-state index contributed by atoms with van der Waals surface area (Å²) in [7, 11) is 0. The summed E-state index contributed by atoms with van der Waals surface area (Å²) in [6, 6.07) is 62.2. The molecular formula is C73H70S. The van der Waals surface area contributed by atoms with Gasteiger partial charge in [-0.25, -0.2) is 0 Å². The summed E-state index contributed by atoms with van der Waals surface area (Å²) in [5.41, 5.74) is 23.4. The molecule has 1 heteroatoms. The SMILES string of the molecule is C=CC1=C(/C=C\C)c2ccc(-c3c4ccc(-c5ccc(-c6cccc7ccccc67)cc5)cc4c(-c4ccc5c(c4)C(C)(C)c4ccccc4-5)c4ccc(C(/C=C\C)=C(\C)C=C)cc34)cc2C1(C)C.CC.CSC. The number of rotatable bonds is 9. The van der Waals surface area contributed by atoms with Crippen molar-refractivity contribution in [2.24, 2.45) is 0 Å². The van der Waals surface area contributed by atoms with Crippen molar-refractivity contribution in [1.29, 1.82) is 0 Å². The quantitative estimate of drug-likeness (QED) is 0.103. The van der Waals surface area contributed by atoms with Crippen molar-refractivity contribution in [1.82, 2.24) is 0 Å². The summed E-state index contributed by atoms with van der Waals surface area (Å²) in [6.07, 6.45) is 16.9. The minimum atomic E-state index is -0.221. The van der Waals surface area contributed by atoms with Crippen LogP contribution in [-0.2, 0) is 10.8 Å². The molecule has 0 aromatic heterocycles. The van der Waals surface area contributed by atoms with Crippen molar-refractivity contribution in [2.45, 2.75) is 73.1 Å². The van der Waals surface area contributed by atoms with Crippen molar-refractivity contribution >= 4 is 55.2 Å². The van der Waals surface area contributed by atoms with Crippen LogP contribution in [0.5, 0.6) is 0 Å². The number of thioether (sulfide) groups is 1. The maximum absolute atomic E-state index is 4.32. The lowest BCUT2D eigenvalue weighted by Crippen LogP contribution is -2.16. The van der Waals surface area contributed by atoms with Crippen molar-refractivity contribution in [2.75, 3.05) is 12.5 Å². The fourth-order valence-corrected chi connectivity index (χ4v) is 11.9. The van der Waals surface area contributed by atoms with Crippen LogP contribution in [0.15, 0.2) is 225 Å². The van der Waals surface area contributed by atoms with E-state index in [1.54, 1.807) is 11.8 Å². The van der Waals surface area contributed by atoms with E-state index in [4.69, 9.17) is 0 Å². The van der Waals surface area contributed by atoms with Crippen LogP contribution >= 0.6 is 11.8 Å². The predicted molar refractivity (Wildman–Crippen MR) is 332 cm³/mol. The second-order valence-electron chi connectivity index (χ2n) is 20.4. The normalized spacial score (nSPS) is 14.3. The minimum absolute atomic E-state index is 0.145. The average Bonchev–Trinajstić information content (AvgIpc) is 3.80. The van der Waals surface area contributed by atoms with Gasteiger partial charge in [-0.3, -0.25) is 0 Å². The van der Waals surface area contributed by atoms with E-state index in [0.29, 0.717) is 0 Å². The zero-order chi connectivity index (χ0) is 52.5. The first kappa shape index (κ1) is 51.5. The summed E-state index contributed by atoms with van der Waals surface area (Å²) in [4.78, 5) is 0.